The van der Waals surface area contributed by atoms with E-state index in [1.54, 1.807) is 0 Å². The van der Waals surface area contributed by atoms with Gasteiger partial charge in [-0.3, -0.25) is 18.6 Å². The van der Waals surface area contributed by atoms with Crippen molar-refractivity contribution in [2.24, 2.45) is 0 Å². The van der Waals surface area contributed by atoms with Crippen LogP contribution in [0.2, 0.25) is 0 Å². The second-order valence-corrected chi connectivity index (χ2v) is 23.3. The summed E-state index contributed by atoms with van der Waals surface area (Å²) in [6.45, 7) is 1.02. The van der Waals surface area contributed by atoms with E-state index in [1.165, 1.54) is 109 Å². The van der Waals surface area contributed by atoms with Crippen molar-refractivity contribution in [2.45, 2.75) is 311 Å². The Labute approximate surface area is 468 Å². The van der Waals surface area contributed by atoms with Crippen LogP contribution >= 0.6 is 7.82 Å². The summed E-state index contributed by atoms with van der Waals surface area (Å²) >= 11 is 0. The standard InChI is InChI=1S/C55H103O23P/c1-3-5-7-9-11-13-15-17-18-19-20-22-24-26-28-30-32-41(59)73-37(35-71-40(58)31-29-27-25-23-21-16-14-12-10-8-6-4-2)36-72-79(69,70)78-53-51(76-54-49(67)44(62)42(60)38(33-56)74-54)47(65)46(64)48(66)52(53)77-55-50(68)45(63)43(61)39(34-57)75-55/h37-39,42-57,60-68H,3-36H2,1-2H3,(H,69,70). The maximum atomic E-state index is 14.0. The predicted molar refractivity (Wildman–Crippen MR) is 287 cm³/mol. The van der Waals surface area contributed by atoms with Gasteiger partial charge < -0.3 is 89.5 Å². The lowest BCUT2D eigenvalue weighted by molar-refractivity contribution is -0.360. The summed E-state index contributed by atoms with van der Waals surface area (Å²) in [5.41, 5.74) is 0. The van der Waals surface area contributed by atoms with E-state index in [-0.39, 0.29) is 12.8 Å². The van der Waals surface area contributed by atoms with E-state index >= 15 is 0 Å². The summed E-state index contributed by atoms with van der Waals surface area (Å²) in [5, 5.41) is 117. The number of rotatable bonds is 44. The van der Waals surface area contributed by atoms with Crippen molar-refractivity contribution in [3.8, 4) is 0 Å². The molecule has 16 unspecified atom stereocenters. The molecule has 79 heavy (non-hydrogen) atoms. The van der Waals surface area contributed by atoms with Crippen molar-refractivity contribution in [3.05, 3.63) is 0 Å². The van der Waals surface area contributed by atoms with Gasteiger partial charge in [0.1, 0.15) is 92.1 Å². The first-order valence-corrected chi connectivity index (χ1v) is 31.4. The molecule has 3 rings (SSSR count). The number of esters is 2. The molecule has 0 aromatic carbocycles. The van der Waals surface area contributed by atoms with Gasteiger partial charge >= 0.3 is 19.8 Å². The number of hydrogen-bond donors (Lipinski definition) is 12. The molecule has 3 aliphatic rings. The average molecular weight is 1160 g/mol. The van der Waals surface area contributed by atoms with Crippen molar-refractivity contribution in [1.29, 1.82) is 0 Å². The highest BCUT2D eigenvalue weighted by molar-refractivity contribution is 7.47. The number of unbranched alkanes of at least 4 members (excludes halogenated alkanes) is 26. The van der Waals surface area contributed by atoms with Gasteiger partial charge in [-0.1, -0.05) is 181 Å². The average Bonchev–Trinajstić information content (AvgIpc) is 3.57. The molecule has 23 nitrogen and oxygen atoms in total. The lowest BCUT2D eigenvalue weighted by Gasteiger charge is -2.49. The Morgan fingerprint density at radius 3 is 1.11 bits per heavy atom. The molecule has 466 valence electrons. The fourth-order valence-corrected chi connectivity index (χ4v) is 11.1. The summed E-state index contributed by atoms with van der Waals surface area (Å²) in [5.74, 6) is -1.32. The molecule has 2 heterocycles. The smallest absolute Gasteiger partial charge is 0.462 e. The maximum absolute atomic E-state index is 14.0. The molecule has 2 saturated heterocycles. The fraction of sp³-hybridized carbons (Fsp3) is 0.964. The molecule has 0 bridgehead atoms. The lowest BCUT2D eigenvalue weighted by Crippen LogP contribution is -2.69. The zero-order valence-corrected chi connectivity index (χ0v) is 48.1. The number of aliphatic hydroxyl groups is 11. The largest absolute Gasteiger partial charge is 0.472 e. The van der Waals surface area contributed by atoms with Crippen LogP contribution in [0.5, 0.6) is 0 Å². The monoisotopic (exact) mass is 1160 g/mol. The van der Waals surface area contributed by atoms with Gasteiger partial charge in [0.05, 0.1) is 19.8 Å². The third kappa shape index (κ3) is 26.5. The van der Waals surface area contributed by atoms with Crippen LogP contribution in [0.1, 0.15) is 206 Å². The third-order valence-corrected chi connectivity index (χ3v) is 16.2. The first-order chi connectivity index (χ1) is 37.9. The van der Waals surface area contributed by atoms with Crippen LogP contribution < -0.4 is 0 Å². The van der Waals surface area contributed by atoms with E-state index in [2.05, 4.69) is 13.8 Å². The SMILES string of the molecule is CCCCCCCCCCCCCCCCCCC(=O)OC(COC(=O)CCCCCCCCCCCCCC)COP(=O)(O)OC1C(OC2OC(CO)C(O)C(O)C2O)C(O)C(O)C(O)C1OC1OC(CO)C(O)C(O)C1O. The van der Waals surface area contributed by atoms with Crippen LogP contribution in [-0.4, -0.2) is 204 Å². The minimum atomic E-state index is -5.63. The number of hydrogen-bond acceptors (Lipinski definition) is 22. The molecule has 0 radical (unpaired) electrons. The Hall–Kier alpha value is -1.55. The summed E-state index contributed by atoms with van der Waals surface area (Å²) in [4.78, 5) is 37.5. The van der Waals surface area contributed by atoms with Crippen LogP contribution in [-0.2, 0) is 51.6 Å². The Morgan fingerprint density at radius 1 is 0.430 bits per heavy atom. The van der Waals surface area contributed by atoms with E-state index in [1.807, 2.05) is 0 Å². The van der Waals surface area contributed by atoms with Gasteiger partial charge in [0, 0.05) is 12.8 Å². The molecule has 0 aromatic heterocycles. The van der Waals surface area contributed by atoms with E-state index in [0.29, 0.717) is 12.8 Å². The first-order valence-electron chi connectivity index (χ1n) is 29.9. The molecule has 0 amide bonds. The van der Waals surface area contributed by atoms with Crippen LogP contribution in [0.4, 0.5) is 0 Å². The van der Waals surface area contributed by atoms with Gasteiger partial charge in [-0.2, -0.15) is 0 Å². The summed E-state index contributed by atoms with van der Waals surface area (Å²) in [7, 11) is -5.63. The van der Waals surface area contributed by atoms with E-state index in [9.17, 15) is 75.2 Å². The van der Waals surface area contributed by atoms with Crippen LogP contribution in [0.3, 0.4) is 0 Å². The van der Waals surface area contributed by atoms with Crippen molar-refractivity contribution < 1.29 is 113 Å². The second kappa shape index (κ2) is 40.7. The number of phosphoric ester groups is 1. The van der Waals surface area contributed by atoms with Gasteiger partial charge in [-0.25, -0.2) is 4.57 Å². The molecule has 1 saturated carbocycles. The fourth-order valence-electron chi connectivity index (χ4n) is 10.2. The first kappa shape index (κ1) is 71.7. The normalized spacial score (nSPS) is 31.4. The molecular weight excluding hydrogens is 1060 g/mol. The highest BCUT2D eigenvalue weighted by Gasteiger charge is 2.58. The van der Waals surface area contributed by atoms with Crippen molar-refractivity contribution >= 4 is 19.8 Å². The zero-order valence-electron chi connectivity index (χ0n) is 47.2. The van der Waals surface area contributed by atoms with E-state index in [4.69, 9.17) is 37.5 Å². The molecule has 1 aliphatic carbocycles. The summed E-state index contributed by atoms with van der Waals surface area (Å²) in [6, 6.07) is 0. The zero-order chi connectivity index (χ0) is 58.2. The highest BCUT2D eigenvalue weighted by Crippen LogP contribution is 2.49. The Bertz CT molecular complexity index is 1580. The van der Waals surface area contributed by atoms with Crippen molar-refractivity contribution in [1.82, 2.24) is 0 Å². The van der Waals surface area contributed by atoms with Gasteiger partial charge in [0.2, 0.25) is 0 Å². The quantitative estimate of drug-likeness (QED) is 0.0231. The van der Waals surface area contributed by atoms with Crippen LogP contribution in [0.15, 0.2) is 0 Å². The topological polar surface area (TPSA) is 368 Å². The number of carbonyl (C=O) groups is 2. The number of phosphoric acid groups is 1. The molecule has 24 heteroatoms. The number of aliphatic hydroxyl groups excluding tert-OH is 11. The summed E-state index contributed by atoms with van der Waals surface area (Å²) < 4.78 is 58.1. The highest BCUT2D eigenvalue weighted by atomic mass is 31.2. The van der Waals surface area contributed by atoms with Crippen LogP contribution in [0, 0.1) is 0 Å². The Kier molecular flexibility index (Phi) is 36.9. The number of carbonyl (C=O) groups excluding carboxylic acids is 2. The van der Waals surface area contributed by atoms with E-state index < -0.39 is 150 Å². The Balaban J connectivity index is 1.69. The molecule has 2 aliphatic heterocycles. The predicted octanol–water partition coefficient (Wildman–Crippen LogP) is 4.15. The molecule has 12 N–H and O–H groups in total. The molecule has 0 spiro atoms. The van der Waals surface area contributed by atoms with Crippen LogP contribution in [0.25, 0.3) is 0 Å². The van der Waals surface area contributed by atoms with Gasteiger partial charge in [0.15, 0.2) is 18.7 Å². The Morgan fingerprint density at radius 2 is 0.759 bits per heavy atom. The van der Waals surface area contributed by atoms with Crippen molar-refractivity contribution in [3.63, 3.8) is 0 Å². The lowest BCUT2D eigenvalue weighted by atomic mass is 9.84. The molecular formula is C55H103O23P. The molecule has 0 aromatic rings. The maximum Gasteiger partial charge on any atom is 0.472 e. The summed E-state index contributed by atoms with van der Waals surface area (Å²) in [6.07, 6.45) is -3.43. The van der Waals surface area contributed by atoms with Gasteiger partial charge in [0.25, 0.3) is 0 Å². The minimum Gasteiger partial charge on any atom is -0.462 e. The van der Waals surface area contributed by atoms with Gasteiger partial charge in [-0.05, 0) is 12.8 Å². The van der Waals surface area contributed by atoms with Gasteiger partial charge in [-0.15, -0.1) is 0 Å². The molecule has 3 fully saturated rings. The number of ether oxygens (including phenoxy) is 6. The van der Waals surface area contributed by atoms with Crippen molar-refractivity contribution in [2.75, 3.05) is 26.4 Å². The third-order valence-electron chi connectivity index (χ3n) is 15.2. The van der Waals surface area contributed by atoms with E-state index in [0.717, 1.165) is 57.8 Å². The minimum absolute atomic E-state index is 0.0246. The second-order valence-electron chi connectivity index (χ2n) is 21.9. The molecule has 16 atom stereocenters.